The number of para-hydroxylation sites is 1. The molecule has 8 heteroatoms. The van der Waals surface area contributed by atoms with Crippen LogP contribution in [0.25, 0.3) is 10.4 Å². The van der Waals surface area contributed by atoms with E-state index in [9.17, 15) is 14.4 Å². The molecule has 2 aliphatic heterocycles. The Kier molecular flexibility index (Phi) is 9.62. The zero-order chi connectivity index (χ0) is 35.7. The molecular formula is C43H44N4O3S. The number of carbonyl (C=O) groups excluding carboxylic acids is 3. The van der Waals surface area contributed by atoms with Crippen molar-refractivity contribution < 1.29 is 14.4 Å². The Morgan fingerprint density at radius 1 is 0.863 bits per heavy atom. The fourth-order valence-corrected chi connectivity index (χ4v) is 9.02. The van der Waals surface area contributed by atoms with Gasteiger partial charge in [-0.3, -0.25) is 14.4 Å². The van der Waals surface area contributed by atoms with Crippen LogP contribution >= 0.6 is 11.3 Å². The maximum atomic E-state index is 14.1. The lowest BCUT2D eigenvalue weighted by Gasteiger charge is -2.51. The maximum absolute atomic E-state index is 14.1. The van der Waals surface area contributed by atoms with Gasteiger partial charge >= 0.3 is 0 Å². The minimum Gasteiger partial charge on any atom is -0.355 e. The van der Waals surface area contributed by atoms with E-state index in [1.54, 1.807) is 24.3 Å². The molecule has 1 saturated heterocycles. The summed E-state index contributed by atoms with van der Waals surface area (Å²) in [4.78, 5) is 51.7. The minimum absolute atomic E-state index is 0.0279. The molecule has 2 aromatic heterocycles. The van der Waals surface area contributed by atoms with Crippen molar-refractivity contribution in [2.24, 2.45) is 5.41 Å². The van der Waals surface area contributed by atoms with Crippen LogP contribution in [0.1, 0.15) is 92.2 Å². The molecular weight excluding hydrogens is 653 g/mol. The normalized spacial score (nSPS) is 14.6. The van der Waals surface area contributed by atoms with Gasteiger partial charge in [-0.15, -0.1) is 11.3 Å². The summed E-state index contributed by atoms with van der Waals surface area (Å²) in [7, 11) is 0. The van der Waals surface area contributed by atoms with Crippen LogP contribution in [0.5, 0.6) is 0 Å². The quantitative estimate of drug-likeness (QED) is 0.147. The number of aromatic nitrogens is 1. The Bertz CT molecular complexity index is 2100. The highest BCUT2D eigenvalue weighted by Crippen LogP contribution is 2.44. The number of hydrogen-bond acceptors (Lipinski definition) is 6. The van der Waals surface area contributed by atoms with Gasteiger partial charge in [0.15, 0.2) is 0 Å². The Morgan fingerprint density at radius 2 is 1.57 bits per heavy atom. The van der Waals surface area contributed by atoms with E-state index >= 15 is 0 Å². The molecule has 7 nitrogen and oxygen atoms in total. The van der Waals surface area contributed by atoms with Crippen LogP contribution in [-0.4, -0.2) is 42.2 Å². The fourth-order valence-electron chi connectivity index (χ4n) is 7.83. The summed E-state index contributed by atoms with van der Waals surface area (Å²) in [5.74, 6) is 0.432. The van der Waals surface area contributed by atoms with E-state index in [2.05, 4.69) is 24.1 Å². The van der Waals surface area contributed by atoms with Crippen LogP contribution in [0.4, 0.5) is 17.2 Å². The van der Waals surface area contributed by atoms with Gasteiger partial charge in [0.25, 0.3) is 11.8 Å². The Balaban J connectivity index is 1.08. The number of amides is 2. The van der Waals surface area contributed by atoms with Crippen molar-refractivity contribution in [1.29, 1.82) is 0 Å². The Morgan fingerprint density at radius 3 is 2.29 bits per heavy atom. The average Bonchev–Trinajstić information content (AvgIpc) is 3.48. The number of nitrogens with one attached hydrogen (secondary N) is 1. The number of ketones is 1. The molecule has 5 aromatic rings. The molecule has 7 rings (SSSR count). The molecule has 0 unspecified atom stereocenters. The number of nitrogens with zero attached hydrogens (tertiary/aromatic N) is 3. The molecule has 3 aromatic carbocycles. The number of fused-ring (bicyclic) bond motifs is 3. The third-order valence-corrected chi connectivity index (χ3v) is 11.5. The van der Waals surface area contributed by atoms with Crippen molar-refractivity contribution in [3.8, 4) is 10.4 Å². The predicted molar refractivity (Wildman–Crippen MR) is 208 cm³/mol. The lowest BCUT2D eigenvalue weighted by molar-refractivity contribution is 0.0985. The first-order valence-corrected chi connectivity index (χ1v) is 18.8. The molecule has 2 aliphatic rings. The molecule has 0 atom stereocenters. The van der Waals surface area contributed by atoms with Gasteiger partial charge in [0, 0.05) is 58.5 Å². The van der Waals surface area contributed by atoms with Crippen LogP contribution in [0.2, 0.25) is 0 Å². The second-order valence-electron chi connectivity index (χ2n) is 14.1. The molecule has 0 bridgehead atoms. The molecule has 0 saturated carbocycles. The zero-order valence-corrected chi connectivity index (χ0v) is 30.6. The van der Waals surface area contributed by atoms with Crippen LogP contribution < -0.4 is 15.1 Å². The average molecular weight is 697 g/mol. The lowest BCUT2D eigenvalue weighted by Crippen LogP contribution is -2.57. The number of anilines is 3. The number of rotatable bonds is 10. The summed E-state index contributed by atoms with van der Waals surface area (Å²) < 4.78 is 0. The van der Waals surface area contributed by atoms with Gasteiger partial charge in [0.1, 0.15) is 5.82 Å². The summed E-state index contributed by atoms with van der Waals surface area (Å²) in [5, 5.41) is 3.05. The van der Waals surface area contributed by atoms with E-state index < -0.39 is 0 Å². The Labute approximate surface area is 304 Å². The van der Waals surface area contributed by atoms with Crippen molar-refractivity contribution in [1.82, 2.24) is 4.98 Å². The smallest absolute Gasteiger partial charge is 0.259 e. The monoisotopic (exact) mass is 696 g/mol. The highest BCUT2D eigenvalue weighted by Gasteiger charge is 2.43. The molecule has 260 valence electrons. The summed E-state index contributed by atoms with van der Waals surface area (Å²) in [6, 6.07) is 26.6. The van der Waals surface area contributed by atoms with Crippen LogP contribution in [0.3, 0.4) is 0 Å². The number of carbonyl (C=O) groups is 3. The molecule has 4 heterocycles. The molecule has 0 aliphatic carbocycles. The third kappa shape index (κ3) is 6.73. The standard InChI is InChI=1S/C43H44N4O3S/c1-5-20-43(21-6-2)26-46(27-43)40-35(23-28(3)25-44-40)41(49)45-32-17-15-30(16-18-32)42(50)47-22-19-31-24-37(38(48)33-12-8-7-11-29(33)4)51-39(31)34-13-9-10-14-36(34)47/h7-18,23-25H,5-6,19-22,26-27H2,1-4H3,(H,45,49). The van der Waals surface area contributed by atoms with Crippen molar-refractivity contribution in [3.05, 3.63) is 129 Å². The van der Waals surface area contributed by atoms with Gasteiger partial charge in [0.2, 0.25) is 5.78 Å². The predicted octanol–water partition coefficient (Wildman–Crippen LogP) is 9.52. The summed E-state index contributed by atoms with van der Waals surface area (Å²) in [5.41, 5.74) is 7.45. The second kappa shape index (κ2) is 14.3. The second-order valence-corrected chi connectivity index (χ2v) is 15.2. The summed E-state index contributed by atoms with van der Waals surface area (Å²) >= 11 is 1.50. The first-order valence-electron chi connectivity index (χ1n) is 18.0. The van der Waals surface area contributed by atoms with Crippen molar-refractivity contribution in [3.63, 3.8) is 0 Å². The van der Waals surface area contributed by atoms with Gasteiger partial charge in [-0.25, -0.2) is 4.98 Å². The van der Waals surface area contributed by atoms with Gasteiger partial charge < -0.3 is 15.1 Å². The highest BCUT2D eigenvalue weighted by molar-refractivity contribution is 7.17. The van der Waals surface area contributed by atoms with Gasteiger partial charge in [0.05, 0.1) is 16.1 Å². The van der Waals surface area contributed by atoms with Gasteiger partial charge in [-0.2, -0.15) is 0 Å². The SMILES string of the molecule is CCCC1(CCC)CN(c2ncc(C)cc2C(=O)Nc2ccc(C(=O)N3CCc4cc(C(=O)c5ccccc5C)sc4-c4ccccc43)cc2)C1. The number of benzene rings is 3. The first kappa shape index (κ1) is 34.4. The lowest BCUT2D eigenvalue weighted by atomic mass is 9.72. The van der Waals surface area contributed by atoms with E-state index in [0.29, 0.717) is 45.6 Å². The third-order valence-electron chi connectivity index (χ3n) is 10.3. The fraction of sp³-hybridized carbons (Fsp3) is 0.302. The molecule has 1 fully saturated rings. The zero-order valence-electron chi connectivity index (χ0n) is 29.8. The topological polar surface area (TPSA) is 82.6 Å². The highest BCUT2D eigenvalue weighted by atomic mass is 32.1. The largest absolute Gasteiger partial charge is 0.355 e. The number of pyridine rings is 1. The first-order chi connectivity index (χ1) is 24.7. The van der Waals surface area contributed by atoms with Crippen LogP contribution in [-0.2, 0) is 6.42 Å². The van der Waals surface area contributed by atoms with E-state index in [-0.39, 0.29) is 17.6 Å². The maximum Gasteiger partial charge on any atom is 0.259 e. The number of hydrogen-bond donors (Lipinski definition) is 1. The molecule has 1 N–H and O–H groups in total. The van der Waals surface area contributed by atoms with Crippen molar-refractivity contribution in [2.45, 2.75) is 59.8 Å². The van der Waals surface area contributed by atoms with Crippen molar-refractivity contribution >= 4 is 46.1 Å². The molecule has 0 radical (unpaired) electrons. The van der Waals surface area contributed by atoms with E-state index in [1.807, 2.05) is 85.6 Å². The Hall–Kier alpha value is -5.08. The molecule has 0 spiro atoms. The number of thiophene rings is 1. The van der Waals surface area contributed by atoms with E-state index in [4.69, 9.17) is 4.98 Å². The summed E-state index contributed by atoms with van der Waals surface area (Å²) in [6.07, 6.45) is 7.13. The van der Waals surface area contributed by atoms with Gasteiger partial charge in [-0.05, 0) is 92.3 Å². The van der Waals surface area contributed by atoms with Crippen LogP contribution in [0, 0.1) is 19.3 Å². The minimum atomic E-state index is -0.211. The number of aryl methyl sites for hydroxylation is 2. The van der Waals surface area contributed by atoms with E-state index in [0.717, 1.165) is 64.6 Å². The molecule has 2 amide bonds. The summed E-state index contributed by atoms with van der Waals surface area (Å²) in [6.45, 7) is 10.7. The van der Waals surface area contributed by atoms with Crippen LogP contribution in [0.15, 0.2) is 91.1 Å². The van der Waals surface area contributed by atoms with E-state index in [1.165, 1.54) is 24.2 Å². The van der Waals surface area contributed by atoms with Gasteiger partial charge in [-0.1, -0.05) is 69.2 Å². The van der Waals surface area contributed by atoms with Crippen molar-refractivity contribution in [2.75, 3.05) is 34.8 Å². The molecule has 51 heavy (non-hydrogen) atoms.